The van der Waals surface area contributed by atoms with Gasteiger partial charge in [0.2, 0.25) is 0 Å². The summed E-state index contributed by atoms with van der Waals surface area (Å²) < 4.78 is 0. The molecule has 0 atom stereocenters. The lowest BCUT2D eigenvalue weighted by atomic mass is 10.1. The average Bonchev–Trinajstić information content (AvgIpc) is 2.70. The monoisotopic (exact) mass is 390 g/mol. The third-order valence-electron chi connectivity index (χ3n) is 4.23. The van der Waals surface area contributed by atoms with E-state index in [1.807, 2.05) is 68.4 Å². The molecule has 0 aliphatic heterocycles. The van der Waals surface area contributed by atoms with Gasteiger partial charge in [-0.05, 0) is 62.2 Å². The molecule has 0 aliphatic rings. The van der Waals surface area contributed by atoms with Crippen molar-refractivity contribution in [2.75, 3.05) is 27.8 Å². The van der Waals surface area contributed by atoms with Gasteiger partial charge in [-0.1, -0.05) is 19.1 Å². The summed E-state index contributed by atoms with van der Waals surface area (Å²) in [7, 11) is 0. The zero-order valence-electron chi connectivity index (χ0n) is 16.9. The van der Waals surface area contributed by atoms with Crippen molar-refractivity contribution in [1.82, 2.24) is 9.97 Å². The molecule has 29 heavy (non-hydrogen) atoms. The maximum atomic E-state index is 12.2. The van der Waals surface area contributed by atoms with Gasteiger partial charge < -0.3 is 21.3 Å². The Morgan fingerprint density at radius 1 is 0.828 bits per heavy atom. The zero-order valence-corrected chi connectivity index (χ0v) is 16.9. The lowest BCUT2D eigenvalue weighted by Crippen LogP contribution is -2.19. The topological polar surface area (TPSA) is 91.0 Å². The smallest absolute Gasteiger partial charge is 0.323 e. The molecular weight excluding hydrogens is 364 g/mol. The van der Waals surface area contributed by atoms with Crippen molar-refractivity contribution in [1.29, 1.82) is 0 Å². The number of anilines is 5. The van der Waals surface area contributed by atoms with Gasteiger partial charge in [0, 0.05) is 29.7 Å². The van der Waals surface area contributed by atoms with Gasteiger partial charge >= 0.3 is 6.03 Å². The van der Waals surface area contributed by atoms with Crippen molar-refractivity contribution in [3.05, 3.63) is 66.0 Å². The fourth-order valence-corrected chi connectivity index (χ4v) is 2.81. The number of benzene rings is 2. The zero-order chi connectivity index (χ0) is 20.6. The fourth-order valence-electron chi connectivity index (χ4n) is 2.81. The lowest BCUT2D eigenvalue weighted by molar-refractivity contribution is 0.262. The molecule has 3 aromatic rings. The van der Waals surface area contributed by atoms with Crippen LogP contribution in [0, 0.1) is 6.92 Å². The number of aryl methyl sites for hydroxylation is 2. The van der Waals surface area contributed by atoms with Crippen molar-refractivity contribution in [3.63, 3.8) is 0 Å². The van der Waals surface area contributed by atoms with Gasteiger partial charge in [-0.15, -0.1) is 0 Å². The van der Waals surface area contributed by atoms with E-state index in [2.05, 4.69) is 38.2 Å². The van der Waals surface area contributed by atoms with Gasteiger partial charge in [0.05, 0.1) is 0 Å². The minimum absolute atomic E-state index is 0.281. The van der Waals surface area contributed by atoms with Crippen LogP contribution in [0.5, 0.6) is 0 Å². The van der Waals surface area contributed by atoms with E-state index < -0.39 is 0 Å². The molecule has 0 saturated heterocycles. The van der Waals surface area contributed by atoms with Crippen molar-refractivity contribution in [2.45, 2.75) is 27.2 Å². The summed E-state index contributed by atoms with van der Waals surface area (Å²) >= 11 is 0. The normalized spacial score (nSPS) is 10.3. The molecule has 0 radical (unpaired) electrons. The van der Waals surface area contributed by atoms with E-state index >= 15 is 0 Å². The van der Waals surface area contributed by atoms with Gasteiger partial charge in [0.15, 0.2) is 0 Å². The van der Waals surface area contributed by atoms with Crippen molar-refractivity contribution >= 4 is 34.7 Å². The molecule has 0 unspecified atom stereocenters. The first kappa shape index (κ1) is 20.1. The number of aromatic nitrogens is 2. The Kier molecular flexibility index (Phi) is 6.63. The third kappa shape index (κ3) is 5.93. The molecule has 1 heterocycles. The molecule has 0 bridgehead atoms. The molecule has 150 valence electrons. The maximum absolute atomic E-state index is 12.2. The van der Waals surface area contributed by atoms with Crippen LogP contribution in [0.15, 0.2) is 54.6 Å². The molecule has 2 aromatic carbocycles. The van der Waals surface area contributed by atoms with Gasteiger partial charge in [-0.2, -0.15) is 0 Å². The largest absolute Gasteiger partial charge is 0.370 e. The Balaban J connectivity index is 1.59. The second-order valence-electron chi connectivity index (χ2n) is 6.55. The highest BCUT2D eigenvalue weighted by molar-refractivity contribution is 5.99. The molecule has 4 N–H and O–H groups in total. The Bertz CT molecular complexity index is 954. The van der Waals surface area contributed by atoms with E-state index in [0.717, 1.165) is 30.2 Å². The minimum atomic E-state index is -0.281. The van der Waals surface area contributed by atoms with Crippen molar-refractivity contribution in [3.8, 4) is 0 Å². The molecule has 0 aliphatic carbocycles. The standard InChI is InChI=1S/C22H26N6O/c1-4-16-6-8-18(9-7-16)27-22(29)28-19-12-10-17(11-13-19)26-21-14-20(23-5-2)24-15(3)25-21/h6-14H,4-5H2,1-3H3,(H2,27,28,29)(H2,23,24,25,26). The van der Waals surface area contributed by atoms with Crippen LogP contribution in [-0.4, -0.2) is 22.5 Å². The van der Waals surface area contributed by atoms with Crippen LogP contribution in [0.4, 0.5) is 33.5 Å². The predicted octanol–water partition coefficient (Wildman–Crippen LogP) is 5.17. The van der Waals surface area contributed by atoms with Crippen LogP contribution >= 0.6 is 0 Å². The Morgan fingerprint density at radius 3 is 1.97 bits per heavy atom. The second kappa shape index (κ2) is 9.54. The highest BCUT2D eigenvalue weighted by Gasteiger charge is 2.05. The number of urea groups is 1. The highest BCUT2D eigenvalue weighted by Crippen LogP contribution is 2.20. The summed E-state index contributed by atoms with van der Waals surface area (Å²) in [4.78, 5) is 20.9. The summed E-state index contributed by atoms with van der Waals surface area (Å²) in [5.41, 5.74) is 3.56. The summed E-state index contributed by atoms with van der Waals surface area (Å²) in [6, 6.07) is 16.8. The first-order valence-electron chi connectivity index (χ1n) is 9.69. The third-order valence-corrected chi connectivity index (χ3v) is 4.23. The van der Waals surface area contributed by atoms with Crippen LogP contribution in [0.2, 0.25) is 0 Å². The SMILES string of the molecule is CCNc1cc(Nc2ccc(NC(=O)Nc3ccc(CC)cc3)cc2)nc(C)n1. The average molecular weight is 390 g/mol. The quantitative estimate of drug-likeness (QED) is 0.447. The Morgan fingerprint density at radius 2 is 1.38 bits per heavy atom. The lowest BCUT2D eigenvalue weighted by Gasteiger charge is -2.11. The van der Waals surface area contributed by atoms with Crippen LogP contribution in [0.1, 0.15) is 25.2 Å². The molecular formula is C22H26N6O. The Labute approximate surface area is 171 Å². The van der Waals surface area contributed by atoms with E-state index in [1.165, 1.54) is 5.56 Å². The molecule has 3 rings (SSSR count). The number of hydrogen-bond donors (Lipinski definition) is 4. The molecule has 0 fully saturated rings. The number of amides is 2. The number of hydrogen-bond acceptors (Lipinski definition) is 5. The van der Waals surface area contributed by atoms with E-state index in [1.54, 1.807) is 0 Å². The van der Waals surface area contributed by atoms with Gasteiger partial charge in [-0.3, -0.25) is 0 Å². The number of rotatable bonds is 7. The number of nitrogens with zero attached hydrogens (tertiary/aromatic N) is 2. The minimum Gasteiger partial charge on any atom is -0.370 e. The molecule has 0 spiro atoms. The van der Waals surface area contributed by atoms with Crippen LogP contribution in [0.25, 0.3) is 0 Å². The molecule has 7 nitrogen and oxygen atoms in total. The maximum Gasteiger partial charge on any atom is 0.323 e. The van der Waals surface area contributed by atoms with E-state index in [0.29, 0.717) is 17.3 Å². The van der Waals surface area contributed by atoms with Gasteiger partial charge in [0.1, 0.15) is 17.5 Å². The predicted molar refractivity (Wildman–Crippen MR) is 119 cm³/mol. The molecule has 7 heteroatoms. The van der Waals surface area contributed by atoms with Gasteiger partial charge in [-0.25, -0.2) is 14.8 Å². The summed E-state index contributed by atoms with van der Waals surface area (Å²) in [5.74, 6) is 2.18. The first-order chi connectivity index (χ1) is 14.1. The summed E-state index contributed by atoms with van der Waals surface area (Å²) in [5, 5.41) is 12.1. The van der Waals surface area contributed by atoms with Crippen LogP contribution in [0.3, 0.4) is 0 Å². The Hall–Kier alpha value is -3.61. The number of nitrogens with one attached hydrogen (secondary N) is 4. The summed E-state index contributed by atoms with van der Waals surface area (Å²) in [6.07, 6.45) is 0.970. The molecule has 1 aromatic heterocycles. The van der Waals surface area contributed by atoms with E-state index in [-0.39, 0.29) is 6.03 Å². The van der Waals surface area contributed by atoms with Crippen molar-refractivity contribution in [2.24, 2.45) is 0 Å². The summed E-state index contributed by atoms with van der Waals surface area (Å²) in [6.45, 7) is 6.77. The fraction of sp³-hybridized carbons (Fsp3) is 0.227. The number of carbonyl (C=O) groups excluding carboxylic acids is 1. The second-order valence-corrected chi connectivity index (χ2v) is 6.55. The first-order valence-corrected chi connectivity index (χ1v) is 9.69. The van der Waals surface area contributed by atoms with E-state index in [4.69, 9.17) is 0 Å². The van der Waals surface area contributed by atoms with Crippen LogP contribution < -0.4 is 21.3 Å². The van der Waals surface area contributed by atoms with E-state index in [9.17, 15) is 4.79 Å². The highest BCUT2D eigenvalue weighted by atomic mass is 16.2. The molecule has 0 saturated carbocycles. The van der Waals surface area contributed by atoms with Gasteiger partial charge in [0.25, 0.3) is 0 Å². The van der Waals surface area contributed by atoms with Crippen molar-refractivity contribution < 1.29 is 4.79 Å². The number of carbonyl (C=O) groups is 1. The molecule has 2 amide bonds. The van der Waals surface area contributed by atoms with Crippen LogP contribution in [-0.2, 0) is 6.42 Å².